The standard InChI is InChI=1S/C32H25N3OS/c36-32(34-28-16-6-9-21-8-1-2-12-24(21)28)29-19-33-20-35(29)23-11-5-10-22(18-23)25-14-7-15-27-26-13-3-4-17-30(26)37-31(25)27/h1-5,7-8,10-15,17-20,28H,6,9,16H2,(H,34,36)/t28-/m1/s1. The van der Waals surface area contributed by atoms with E-state index in [2.05, 4.69) is 95.2 Å². The van der Waals surface area contributed by atoms with Gasteiger partial charge in [0.2, 0.25) is 0 Å². The van der Waals surface area contributed by atoms with Crippen molar-refractivity contribution in [3.63, 3.8) is 0 Å². The van der Waals surface area contributed by atoms with E-state index in [-0.39, 0.29) is 11.9 Å². The third-order valence-electron chi connectivity index (χ3n) is 7.39. The zero-order chi connectivity index (χ0) is 24.8. The lowest BCUT2D eigenvalue weighted by atomic mass is 9.88. The van der Waals surface area contributed by atoms with Gasteiger partial charge in [0.1, 0.15) is 5.69 Å². The number of nitrogens with zero attached hydrogens (tertiary/aromatic N) is 2. The molecule has 1 amide bonds. The van der Waals surface area contributed by atoms with Crippen LogP contribution in [0.3, 0.4) is 0 Å². The smallest absolute Gasteiger partial charge is 0.270 e. The van der Waals surface area contributed by atoms with E-state index in [1.807, 2.05) is 22.0 Å². The second-order valence-corrected chi connectivity index (χ2v) is 10.6. The van der Waals surface area contributed by atoms with Gasteiger partial charge in [0.25, 0.3) is 5.91 Å². The maximum absolute atomic E-state index is 13.4. The van der Waals surface area contributed by atoms with Gasteiger partial charge in [0.05, 0.1) is 18.6 Å². The number of carbonyl (C=O) groups is 1. The summed E-state index contributed by atoms with van der Waals surface area (Å²) in [6.45, 7) is 0. The van der Waals surface area contributed by atoms with Gasteiger partial charge in [-0.05, 0) is 59.7 Å². The number of nitrogens with one attached hydrogen (secondary N) is 1. The molecule has 180 valence electrons. The van der Waals surface area contributed by atoms with E-state index in [4.69, 9.17) is 0 Å². The Balaban J connectivity index is 1.24. The van der Waals surface area contributed by atoms with Crippen LogP contribution in [0, 0.1) is 0 Å². The number of imidazole rings is 1. The molecule has 1 N–H and O–H groups in total. The number of amides is 1. The molecule has 0 radical (unpaired) electrons. The van der Waals surface area contributed by atoms with Crippen molar-refractivity contribution in [1.29, 1.82) is 0 Å². The van der Waals surface area contributed by atoms with Crippen LogP contribution in [-0.4, -0.2) is 15.5 Å². The van der Waals surface area contributed by atoms with Crippen LogP contribution < -0.4 is 5.32 Å². The van der Waals surface area contributed by atoms with Gasteiger partial charge >= 0.3 is 0 Å². The van der Waals surface area contributed by atoms with Crippen molar-refractivity contribution in [1.82, 2.24) is 14.9 Å². The van der Waals surface area contributed by atoms with E-state index in [1.54, 1.807) is 12.5 Å². The summed E-state index contributed by atoms with van der Waals surface area (Å²) in [6.07, 6.45) is 6.48. The predicted octanol–water partition coefficient (Wildman–Crippen LogP) is 7.71. The van der Waals surface area contributed by atoms with E-state index in [9.17, 15) is 4.79 Å². The molecule has 0 saturated heterocycles. The first kappa shape index (κ1) is 22.0. The Kier molecular flexibility index (Phi) is 5.37. The summed E-state index contributed by atoms with van der Waals surface area (Å²) in [5.74, 6) is -0.101. The van der Waals surface area contributed by atoms with E-state index < -0.39 is 0 Å². The van der Waals surface area contributed by atoms with E-state index in [1.165, 1.54) is 36.9 Å². The van der Waals surface area contributed by atoms with Crippen molar-refractivity contribution < 1.29 is 4.79 Å². The van der Waals surface area contributed by atoms with Crippen LogP contribution >= 0.6 is 11.3 Å². The number of aryl methyl sites for hydroxylation is 1. The molecule has 0 fully saturated rings. The molecular formula is C32H25N3OS. The molecule has 4 nitrogen and oxygen atoms in total. The number of hydrogen-bond donors (Lipinski definition) is 1. The normalized spacial score (nSPS) is 15.1. The summed E-state index contributed by atoms with van der Waals surface area (Å²) in [5.41, 5.74) is 6.34. The van der Waals surface area contributed by atoms with Crippen molar-refractivity contribution >= 4 is 37.4 Å². The Morgan fingerprint density at radius 3 is 2.73 bits per heavy atom. The highest BCUT2D eigenvalue weighted by Gasteiger charge is 2.23. The molecule has 5 heteroatoms. The Bertz CT molecular complexity index is 1780. The number of benzene rings is 4. The van der Waals surface area contributed by atoms with E-state index >= 15 is 0 Å². The summed E-state index contributed by atoms with van der Waals surface area (Å²) < 4.78 is 4.46. The highest BCUT2D eigenvalue weighted by molar-refractivity contribution is 7.26. The maximum atomic E-state index is 13.4. The first-order valence-corrected chi connectivity index (χ1v) is 13.5. The largest absolute Gasteiger partial charge is 0.344 e. The van der Waals surface area contributed by atoms with Crippen LogP contribution in [-0.2, 0) is 6.42 Å². The molecule has 0 aliphatic heterocycles. The van der Waals surface area contributed by atoms with Gasteiger partial charge in [-0.1, -0.05) is 72.8 Å². The number of hydrogen-bond acceptors (Lipinski definition) is 3. The minimum atomic E-state index is -0.101. The molecule has 0 unspecified atom stereocenters. The SMILES string of the molecule is O=C(N[C@@H]1CCCc2ccccc21)c1cncn1-c1cccc(-c2cccc3c2sc2ccccc23)c1. The quantitative estimate of drug-likeness (QED) is 0.270. The molecule has 1 atom stereocenters. The van der Waals surface area contributed by atoms with Gasteiger partial charge in [-0.15, -0.1) is 11.3 Å². The first-order valence-electron chi connectivity index (χ1n) is 12.7. The molecule has 4 aromatic carbocycles. The molecule has 0 saturated carbocycles. The molecule has 7 rings (SSSR count). The number of thiophene rings is 1. The molecule has 6 aromatic rings. The Labute approximate surface area is 219 Å². The predicted molar refractivity (Wildman–Crippen MR) is 151 cm³/mol. The second-order valence-electron chi connectivity index (χ2n) is 9.60. The fourth-order valence-electron chi connectivity index (χ4n) is 5.60. The second kappa shape index (κ2) is 9.02. The molecule has 2 aromatic heterocycles. The van der Waals surface area contributed by atoms with Crippen molar-refractivity contribution in [3.05, 3.63) is 120 Å². The fraction of sp³-hybridized carbons (Fsp3) is 0.125. The fourth-order valence-corrected chi connectivity index (χ4v) is 6.84. The number of rotatable bonds is 4. The maximum Gasteiger partial charge on any atom is 0.270 e. The topological polar surface area (TPSA) is 46.9 Å². The molecule has 2 heterocycles. The number of fused-ring (bicyclic) bond motifs is 4. The Morgan fingerprint density at radius 1 is 0.919 bits per heavy atom. The van der Waals surface area contributed by atoms with Crippen molar-refractivity contribution in [2.75, 3.05) is 0 Å². The molecule has 1 aliphatic carbocycles. The van der Waals surface area contributed by atoms with Crippen LogP contribution in [0.25, 0.3) is 37.0 Å². The van der Waals surface area contributed by atoms with Crippen LogP contribution in [0.15, 0.2) is 104 Å². The van der Waals surface area contributed by atoms with Crippen LogP contribution in [0.2, 0.25) is 0 Å². The van der Waals surface area contributed by atoms with Gasteiger partial charge in [-0.2, -0.15) is 0 Å². The number of aromatic nitrogens is 2. The zero-order valence-electron chi connectivity index (χ0n) is 20.2. The molecule has 1 aliphatic rings. The van der Waals surface area contributed by atoms with Gasteiger partial charge in [-0.25, -0.2) is 4.98 Å². The van der Waals surface area contributed by atoms with Gasteiger partial charge in [-0.3, -0.25) is 9.36 Å². The summed E-state index contributed by atoms with van der Waals surface area (Å²) >= 11 is 1.83. The molecular weight excluding hydrogens is 474 g/mol. The van der Waals surface area contributed by atoms with Crippen LogP contribution in [0.4, 0.5) is 0 Å². The average Bonchev–Trinajstić information content (AvgIpc) is 3.59. The lowest BCUT2D eigenvalue weighted by molar-refractivity contribution is 0.0926. The van der Waals surface area contributed by atoms with Crippen molar-refractivity contribution in [2.45, 2.75) is 25.3 Å². The lowest BCUT2D eigenvalue weighted by Crippen LogP contribution is -2.32. The van der Waals surface area contributed by atoms with Gasteiger partial charge in [0.15, 0.2) is 0 Å². The zero-order valence-corrected chi connectivity index (χ0v) is 21.0. The molecule has 0 bridgehead atoms. The molecule has 37 heavy (non-hydrogen) atoms. The van der Waals surface area contributed by atoms with Crippen LogP contribution in [0.5, 0.6) is 0 Å². The Morgan fingerprint density at radius 2 is 1.76 bits per heavy atom. The summed E-state index contributed by atoms with van der Waals surface area (Å²) in [4.78, 5) is 17.8. The van der Waals surface area contributed by atoms with Crippen molar-refractivity contribution in [3.8, 4) is 16.8 Å². The van der Waals surface area contributed by atoms with E-state index in [0.29, 0.717) is 5.69 Å². The number of carbonyl (C=O) groups excluding carboxylic acids is 1. The van der Waals surface area contributed by atoms with Gasteiger partial charge < -0.3 is 5.32 Å². The Hall–Kier alpha value is -4.22. The summed E-state index contributed by atoms with van der Waals surface area (Å²) in [7, 11) is 0. The highest BCUT2D eigenvalue weighted by atomic mass is 32.1. The highest BCUT2D eigenvalue weighted by Crippen LogP contribution is 2.40. The third kappa shape index (κ3) is 3.83. The van der Waals surface area contributed by atoms with Gasteiger partial charge in [0, 0.05) is 25.9 Å². The minimum Gasteiger partial charge on any atom is -0.344 e. The summed E-state index contributed by atoms with van der Waals surface area (Å²) in [5, 5.41) is 5.84. The van der Waals surface area contributed by atoms with E-state index in [0.717, 1.165) is 30.5 Å². The lowest BCUT2D eigenvalue weighted by Gasteiger charge is -2.26. The molecule has 0 spiro atoms. The first-order chi connectivity index (χ1) is 18.3. The summed E-state index contributed by atoms with van der Waals surface area (Å²) in [6, 6.07) is 31.9. The average molecular weight is 500 g/mol. The third-order valence-corrected chi connectivity index (χ3v) is 8.61. The van der Waals surface area contributed by atoms with Crippen molar-refractivity contribution in [2.24, 2.45) is 0 Å². The monoisotopic (exact) mass is 499 g/mol. The van der Waals surface area contributed by atoms with Crippen LogP contribution in [0.1, 0.15) is 40.5 Å². The minimum absolute atomic E-state index is 0.0256.